The lowest BCUT2D eigenvalue weighted by Crippen LogP contribution is -2.28. The van der Waals surface area contributed by atoms with Crippen molar-refractivity contribution in [3.63, 3.8) is 0 Å². The summed E-state index contributed by atoms with van der Waals surface area (Å²) < 4.78 is 8.12. The van der Waals surface area contributed by atoms with E-state index in [0.717, 1.165) is 19.6 Å². The van der Waals surface area contributed by atoms with Gasteiger partial charge in [0.15, 0.2) is 4.80 Å². The smallest absolute Gasteiger partial charge is 0.325 e. The number of amides is 3. The van der Waals surface area contributed by atoms with Gasteiger partial charge in [-0.05, 0) is 42.5 Å². The van der Waals surface area contributed by atoms with Crippen molar-refractivity contribution in [3.8, 4) is 0 Å². The molecule has 0 bridgehead atoms. The number of halogens is 1. The van der Waals surface area contributed by atoms with Crippen molar-refractivity contribution < 1.29 is 23.9 Å². The highest BCUT2D eigenvalue weighted by Gasteiger charge is 2.30. The molecule has 1 aliphatic rings. The molecule has 0 atom stereocenters. The zero-order valence-corrected chi connectivity index (χ0v) is 18.7. The van der Waals surface area contributed by atoms with E-state index in [9.17, 15) is 19.2 Å². The molecule has 0 radical (unpaired) electrons. The first-order valence-corrected chi connectivity index (χ1v) is 10.9. The van der Waals surface area contributed by atoms with Crippen LogP contribution in [0.25, 0.3) is 10.2 Å². The summed E-state index contributed by atoms with van der Waals surface area (Å²) in [6.45, 7) is -0.0810. The number of carbonyl (C=O) groups is 4. The standard InChI is InChI=1S/C21H16BrN3O5S/c1-30-19(28)11-24-15-7-4-13(22)10-16(15)31-21(24)23-20(29)12-2-5-14(6-3-12)25-17(26)8-9-18(25)27/h2-7,10H,8-9,11H2,1H3. The van der Waals surface area contributed by atoms with Crippen LogP contribution in [0.2, 0.25) is 0 Å². The quantitative estimate of drug-likeness (QED) is 0.404. The van der Waals surface area contributed by atoms with Gasteiger partial charge in [0.05, 0.1) is 23.0 Å². The second kappa shape index (κ2) is 8.56. The number of imide groups is 1. The third kappa shape index (κ3) is 4.21. The zero-order chi connectivity index (χ0) is 22.1. The molecule has 10 heteroatoms. The fourth-order valence-electron chi connectivity index (χ4n) is 3.25. The second-order valence-electron chi connectivity index (χ2n) is 6.75. The Balaban J connectivity index is 1.70. The average Bonchev–Trinajstić information content (AvgIpc) is 3.26. The normalized spacial score (nSPS) is 14.5. The molecule has 1 aromatic heterocycles. The van der Waals surface area contributed by atoms with Gasteiger partial charge in [0.1, 0.15) is 6.54 Å². The highest BCUT2D eigenvalue weighted by Crippen LogP contribution is 2.24. The molecule has 3 aromatic rings. The van der Waals surface area contributed by atoms with Gasteiger partial charge in [-0.1, -0.05) is 27.3 Å². The Morgan fingerprint density at radius 3 is 2.42 bits per heavy atom. The Kier molecular flexibility index (Phi) is 5.84. The number of aromatic nitrogens is 1. The van der Waals surface area contributed by atoms with Crippen molar-refractivity contribution in [3.05, 3.63) is 57.3 Å². The van der Waals surface area contributed by atoms with Gasteiger partial charge in [-0.2, -0.15) is 4.99 Å². The lowest BCUT2D eigenvalue weighted by molar-refractivity contribution is -0.141. The minimum Gasteiger partial charge on any atom is -0.468 e. The highest BCUT2D eigenvalue weighted by molar-refractivity contribution is 9.10. The van der Waals surface area contributed by atoms with E-state index in [-0.39, 0.29) is 31.2 Å². The lowest BCUT2D eigenvalue weighted by Gasteiger charge is -2.13. The van der Waals surface area contributed by atoms with Crippen LogP contribution in [0, 0.1) is 0 Å². The fourth-order valence-corrected chi connectivity index (χ4v) is 4.83. The summed E-state index contributed by atoms with van der Waals surface area (Å²) in [6.07, 6.45) is 0.383. The van der Waals surface area contributed by atoms with Crippen LogP contribution in [0.3, 0.4) is 0 Å². The Morgan fingerprint density at radius 2 is 1.77 bits per heavy atom. The van der Waals surface area contributed by atoms with Gasteiger partial charge in [-0.25, -0.2) is 0 Å². The molecular formula is C21H16BrN3O5S. The third-order valence-electron chi connectivity index (χ3n) is 4.78. The van der Waals surface area contributed by atoms with E-state index < -0.39 is 11.9 Å². The second-order valence-corrected chi connectivity index (χ2v) is 8.67. The van der Waals surface area contributed by atoms with Crippen LogP contribution < -0.4 is 9.70 Å². The molecule has 8 nitrogen and oxygen atoms in total. The van der Waals surface area contributed by atoms with Crippen molar-refractivity contribution in [1.29, 1.82) is 0 Å². The molecule has 2 aromatic carbocycles. The SMILES string of the molecule is COC(=O)Cn1c(=NC(=O)c2ccc(N3C(=O)CCC3=O)cc2)sc2cc(Br)ccc21. The van der Waals surface area contributed by atoms with Crippen LogP contribution in [0.4, 0.5) is 5.69 Å². The molecule has 0 unspecified atom stereocenters. The summed E-state index contributed by atoms with van der Waals surface area (Å²) >= 11 is 4.70. The molecule has 31 heavy (non-hydrogen) atoms. The van der Waals surface area contributed by atoms with Crippen LogP contribution in [-0.4, -0.2) is 35.4 Å². The zero-order valence-electron chi connectivity index (χ0n) is 16.3. The number of methoxy groups -OCH3 is 1. The van der Waals surface area contributed by atoms with E-state index in [1.165, 1.54) is 30.6 Å². The molecule has 4 rings (SSSR count). The number of rotatable bonds is 4. The van der Waals surface area contributed by atoms with Crippen LogP contribution in [0.1, 0.15) is 23.2 Å². The Hall–Kier alpha value is -3.11. The van der Waals surface area contributed by atoms with E-state index >= 15 is 0 Å². The topological polar surface area (TPSA) is 98.0 Å². The maximum absolute atomic E-state index is 12.8. The van der Waals surface area contributed by atoms with Crippen molar-refractivity contribution in [2.24, 2.45) is 4.99 Å². The summed E-state index contributed by atoms with van der Waals surface area (Å²) in [5.74, 6) is -1.47. The molecule has 2 heterocycles. The number of nitrogens with zero attached hydrogens (tertiary/aromatic N) is 3. The summed E-state index contributed by atoms with van der Waals surface area (Å²) in [5.41, 5.74) is 1.48. The van der Waals surface area contributed by atoms with E-state index in [2.05, 4.69) is 20.9 Å². The Morgan fingerprint density at radius 1 is 1.10 bits per heavy atom. The summed E-state index contributed by atoms with van der Waals surface area (Å²) in [7, 11) is 1.30. The molecule has 1 fully saturated rings. The maximum Gasteiger partial charge on any atom is 0.325 e. The number of carbonyl (C=O) groups excluding carboxylic acids is 4. The first kappa shape index (κ1) is 21.1. The first-order valence-electron chi connectivity index (χ1n) is 9.28. The number of hydrogen-bond donors (Lipinski definition) is 0. The van der Waals surface area contributed by atoms with Gasteiger partial charge >= 0.3 is 5.97 Å². The summed E-state index contributed by atoms with van der Waals surface area (Å²) in [4.78, 5) is 54.1. The predicted molar refractivity (Wildman–Crippen MR) is 118 cm³/mol. The van der Waals surface area contributed by atoms with E-state index in [4.69, 9.17) is 4.74 Å². The van der Waals surface area contributed by atoms with E-state index in [0.29, 0.717) is 16.1 Å². The van der Waals surface area contributed by atoms with Crippen LogP contribution in [0.5, 0.6) is 0 Å². The summed E-state index contributed by atoms with van der Waals surface area (Å²) in [6, 6.07) is 11.7. The number of fused-ring (bicyclic) bond motifs is 1. The van der Waals surface area contributed by atoms with Crippen LogP contribution in [0.15, 0.2) is 51.9 Å². The molecule has 0 spiro atoms. The van der Waals surface area contributed by atoms with Crippen molar-refractivity contribution in [2.45, 2.75) is 19.4 Å². The van der Waals surface area contributed by atoms with Crippen LogP contribution >= 0.6 is 27.3 Å². The molecule has 3 amide bonds. The molecule has 1 aliphatic heterocycles. The van der Waals surface area contributed by atoms with Crippen LogP contribution in [-0.2, 0) is 25.7 Å². The third-order valence-corrected chi connectivity index (χ3v) is 6.32. The molecule has 158 valence electrons. The number of ether oxygens (including phenoxy) is 1. The van der Waals surface area contributed by atoms with Gasteiger partial charge in [0.2, 0.25) is 11.8 Å². The van der Waals surface area contributed by atoms with Gasteiger partial charge in [0, 0.05) is 22.9 Å². The van der Waals surface area contributed by atoms with Crippen molar-refractivity contribution in [1.82, 2.24) is 4.57 Å². The largest absolute Gasteiger partial charge is 0.468 e. The van der Waals surface area contributed by atoms with E-state index in [1.54, 1.807) is 16.7 Å². The molecule has 0 N–H and O–H groups in total. The maximum atomic E-state index is 12.8. The first-order chi connectivity index (χ1) is 14.9. The number of thiazole rings is 1. The van der Waals surface area contributed by atoms with Gasteiger partial charge < -0.3 is 9.30 Å². The van der Waals surface area contributed by atoms with E-state index in [1.807, 2.05) is 18.2 Å². The number of hydrogen-bond acceptors (Lipinski definition) is 6. The minimum atomic E-state index is -0.505. The molecule has 1 saturated heterocycles. The van der Waals surface area contributed by atoms with Gasteiger partial charge in [-0.3, -0.25) is 24.1 Å². The molecular weight excluding hydrogens is 486 g/mol. The number of anilines is 1. The number of esters is 1. The van der Waals surface area contributed by atoms with Gasteiger partial charge in [-0.15, -0.1) is 0 Å². The molecule has 0 saturated carbocycles. The van der Waals surface area contributed by atoms with Crippen molar-refractivity contribution >= 4 is 66.9 Å². The number of benzene rings is 2. The average molecular weight is 502 g/mol. The predicted octanol–water partition coefficient (Wildman–Crippen LogP) is 3.03. The lowest BCUT2D eigenvalue weighted by atomic mass is 10.2. The monoisotopic (exact) mass is 501 g/mol. The summed E-state index contributed by atoms with van der Waals surface area (Å²) in [5, 5.41) is 0. The Bertz CT molecular complexity index is 1280. The molecule has 0 aliphatic carbocycles. The minimum absolute atomic E-state index is 0.0810. The van der Waals surface area contributed by atoms with Crippen molar-refractivity contribution in [2.75, 3.05) is 12.0 Å². The van der Waals surface area contributed by atoms with Gasteiger partial charge in [0.25, 0.3) is 5.91 Å². The Labute approximate surface area is 188 Å². The highest BCUT2D eigenvalue weighted by atomic mass is 79.9. The fraction of sp³-hybridized carbons (Fsp3) is 0.190.